The molecule has 0 saturated carbocycles. The Kier molecular flexibility index (Phi) is 14.2. The molecule has 2 atom stereocenters. The van der Waals surface area contributed by atoms with Crippen molar-refractivity contribution in [2.45, 2.75) is 53.2 Å². The van der Waals surface area contributed by atoms with Crippen LogP contribution < -0.4 is 20.2 Å². The molecule has 4 aromatic rings. The lowest BCUT2D eigenvalue weighted by Crippen LogP contribution is -2.46. The van der Waals surface area contributed by atoms with Gasteiger partial charge in [0.05, 0.1) is 37.8 Å². The second-order valence-corrected chi connectivity index (χ2v) is 13.3. The number of anilines is 2. The molecule has 1 aliphatic heterocycles. The van der Waals surface area contributed by atoms with E-state index in [2.05, 4.69) is 50.7 Å². The summed E-state index contributed by atoms with van der Waals surface area (Å²) in [7, 11) is 1.81. The average Bonchev–Trinajstić information content (AvgIpc) is 3.54. The molecule has 0 radical (unpaired) electrons. The molecule has 12 heteroatoms. The van der Waals surface area contributed by atoms with Crippen molar-refractivity contribution in [2.24, 2.45) is 10.9 Å². The van der Waals surface area contributed by atoms with Gasteiger partial charge in [0.1, 0.15) is 29.3 Å². The van der Waals surface area contributed by atoms with E-state index in [-0.39, 0.29) is 29.8 Å². The molecule has 0 amide bonds. The van der Waals surface area contributed by atoms with Crippen molar-refractivity contribution < 1.29 is 18.3 Å². The first-order valence-corrected chi connectivity index (χ1v) is 17.9. The van der Waals surface area contributed by atoms with E-state index in [0.29, 0.717) is 13.2 Å². The fraction of sp³-hybridized carbons (Fsp3) is 0.425. The van der Waals surface area contributed by atoms with E-state index in [1.807, 2.05) is 58.9 Å². The second-order valence-electron chi connectivity index (χ2n) is 13.3. The molecule has 0 N–H and O–H groups in total. The zero-order chi connectivity index (χ0) is 37.8. The van der Waals surface area contributed by atoms with Gasteiger partial charge in [-0.05, 0) is 75.4 Å². The molecule has 1 saturated heterocycles. The highest BCUT2D eigenvalue weighted by Gasteiger charge is 2.33. The van der Waals surface area contributed by atoms with Gasteiger partial charge >= 0.3 is 5.69 Å². The summed E-state index contributed by atoms with van der Waals surface area (Å²) in [6.07, 6.45) is 4.57. The van der Waals surface area contributed by atoms with E-state index >= 15 is 0 Å². The van der Waals surface area contributed by atoms with Gasteiger partial charge in [-0.25, -0.2) is 27.8 Å². The summed E-state index contributed by atoms with van der Waals surface area (Å²) < 4.78 is 44.0. The topological polar surface area (TPSA) is 80.4 Å². The third kappa shape index (κ3) is 10.1. The highest BCUT2D eigenvalue weighted by Crippen LogP contribution is 2.30. The van der Waals surface area contributed by atoms with Crippen molar-refractivity contribution >= 4 is 17.7 Å². The van der Waals surface area contributed by atoms with E-state index < -0.39 is 17.2 Å². The first-order chi connectivity index (χ1) is 25.0. The van der Waals surface area contributed by atoms with Gasteiger partial charge in [-0.1, -0.05) is 33.4 Å². The number of likely N-dealkylation sites (N-methyl/N-ethyl adjacent to an activating group) is 1. The highest BCUT2D eigenvalue weighted by atomic mass is 19.1. The number of benzene rings is 3. The van der Waals surface area contributed by atoms with Crippen LogP contribution in [0.5, 0.6) is 5.75 Å². The molecule has 52 heavy (non-hydrogen) atoms. The minimum absolute atomic E-state index is 0.00586. The Balaban J connectivity index is 0.00000297. The second kappa shape index (κ2) is 18.5. The molecule has 0 spiro atoms. The van der Waals surface area contributed by atoms with Gasteiger partial charge in [0.15, 0.2) is 0 Å². The van der Waals surface area contributed by atoms with Crippen LogP contribution in [0, 0.1) is 17.6 Å². The minimum atomic E-state index is -1.07. The van der Waals surface area contributed by atoms with Crippen LogP contribution >= 0.6 is 0 Å². The molecule has 10 nitrogen and oxygen atoms in total. The first kappa shape index (κ1) is 39.8. The summed E-state index contributed by atoms with van der Waals surface area (Å²) in [5.41, 5.74) is 2.11. The molecule has 0 bridgehead atoms. The lowest BCUT2D eigenvalue weighted by Gasteiger charge is -2.37. The number of hydrogen-bond donors (Lipinski definition) is 0. The van der Waals surface area contributed by atoms with Crippen molar-refractivity contribution in [2.75, 3.05) is 62.8 Å². The summed E-state index contributed by atoms with van der Waals surface area (Å²) in [5.74, 6) is -0.554. The van der Waals surface area contributed by atoms with Crippen molar-refractivity contribution in [3.8, 4) is 11.4 Å². The zero-order valence-electron chi connectivity index (χ0n) is 31.5. The third-order valence-electron chi connectivity index (χ3n) is 8.80. The number of rotatable bonds is 15. The fourth-order valence-corrected chi connectivity index (χ4v) is 6.07. The predicted octanol–water partition coefficient (Wildman–Crippen LogP) is 7.30. The smallest absolute Gasteiger partial charge is 0.350 e. The van der Waals surface area contributed by atoms with Crippen LogP contribution in [0.4, 0.5) is 20.2 Å². The summed E-state index contributed by atoms with van der Waals surface area (Å²) >= 11 is 0. The third-order valence-corrected chi connectivity index (χ3v) is 8.80. The molecule has 1 fully saturated rings. The Morgan fingerprint density at radius 2 is 1.50 bits per heavy atom. The van der Waals surface area contributed by atoms with Crippen molar-refractivity contribution in [1.29, 1.82) is 0 Å². The van der Waals surface area contributed by atoms with Gasteiger partial charge < -0.3 is 24.2 Å². The molecular formula is C40H53F2N7O3. The monoisotopic (exact) mass is 717 g/mol. The lowest BCUT2D eigenvalue weighted by atomic mass is 9.94. The largest absolute Gasteiger partial charge is 0.493 e. The van der Waals surface area contributed by atoms with E-state index in [9.17, 15) is 13.6 Å². The van der Waals surface area contributed by atoms with Crippen LogP contribution in [-0.4, -0.2) is 78.6 Å². The maximum atomic E-state index is 14.9. The number of piperazine rings is 1. The van der Waals surface area contributed by atoms with Crippen LogP contribution in [-0.2, 0) is 10.3 Å². The number of nitrogens with zero attached hydrogens (tertiary/aromatic N) is 7. The molecule has 5 rings (SSSR count). The molecule has 0 aliphatic carbocycles. The van der Waals surface area contributed by atoms with E-state index in [1.54, 1.807) is 36.1 Å². The number of halogens is 2. The molecule has 2 unspecified atom stereocenters. The van der Waals surface area contributed by atoms with Crippen LogP contribution in [0.15, 0.2) is 95.6 Å². The fourth-order valence-electron chi connectivity index (χ4n) is 6.07. The molecule has 1 aromatic heterocycles. The Morgan fingerprint density at radius 3 is 2.04 bits per heavy atom. The quantitative estimate of drug-likeness (QED) is 0.0944. The highest BCUT2D eigenvalue weighted by molar-refractivity contribution is 5.56. The van der Waals surface area contributed by atoms with Crippen LogP contribution in [0.3, 0.4) is 0 Å². The Hall–Kier alpha value is -4.97. The maximum Gasteiger partial charge on any atom is 0.350 e. The van der Waals surface area contributed by atoms with Crippen LogP contribution in [0.25, 0.3) is 5.69 Å². The number of hydrogen-bond acceptors (Lipinski definition) is 7. The summed E-state index contributed by atoms with van der Waals surface area (Å²) in [6, 6.07) is 19.7. The standard InChI is InChI=1S/C38H47F2N7O3.C2H6/c1-7-41-26-43(6)25-38(5,35-17-8-30(39)22-36(35)40)50-24-29(4)23-49-34-15-13-32(14-16-34)45-20-18-44(19-21-45)31-9-11-33(12-10-31)46-27-42-47(28(2)3)37(46)48;1-2/h7-17,22,26-29H,1,18-21,23-25H2,2-6H3;1-2H3. The first-order valence-electron chi connectivity index (χ1n) is 17.9. The van der Waals surface area contributed by atoms with Gasteiger partial charge in [-0.15, -0.1) is 0 Å². The Morgan fingerprint density at radius 1 is 0.923 bits per heavy atom. The summed E-state index contributed by atoms with van der Waals surface area (Å²) in [5, 5.41) is 4.22. The van der Waals surface area contributed by atoms with Gasteiger partial charge in [0.2, 0.25) is 0 Å². The molecule has 1 aliphatic rings. The zero-order valence-corrected chi connectivity index (χ0v) is 31.5. The molecule has 280 valence electrons. The van der Waals surface area contributed by atoms with Crippen molar-refractivity contribution in [3.63, 3.8) is 0 Å². The predicted molar refractivity (Wildman–Crippen MR) is 206 cm³/mol. The SMILES string of the molecule is C=CN=CN(C)CC(C)(OCC(C)COc1ccc(N2CCN(c3ccc(-n4cnn(C(C)C)c4=O)cc3)CC2)cc1)c1ccc(F)cc1F.CC. The molecule has 2 heterocycles. The summed E-state index contributed by atoms with van der Waals surface area (Å²) in [6.45, 7) is 19.7. The lowest BCUT2D eigenvalue weighted by molar-refractivity contribution is -0.0654. The van der Waals surface area contributed by atoms with Crippen molar-refractivity contribution in [1.82, 2.24) is 19.2 Å². The van der Waals surface area contributed by atoms with Crippen LogP contribution in [0.1, 0.15) is 53.1 Å². The Labute approximate surface area is 306 Å². The van der Waals surface area contributed by atoms with Gasteiger partial charge in [-0.3, -0.25) is 0 Å². The normalized spacial score (nSPS) is 14.9. The molecule has 3 aromatic carbocycles. The molecular weight excluding hydrogens is 664 g/mol. The number of aromatic nitrogens is 3. The van der Waals surface area contributed by atoms with E-state index in [4.69, 9.17) is 9.47 Å². The maximum absolute atomic E-state index is 14.9. The van der Waals surface area contributed by atoms with E-state index in [1.165, 1.54) is 23.0 Å². The number of aliphatic imine (C=N–C) groups is 1. The van der Waals surface area contributed by atoms with Gasteiger partial charge in [0.25, 0.3) is 0 Å². The van der Waals surface area contributed by atoms with Gasteiger partial charge in [0, 0.05) is 68.3 Å². The van der Waals surface area contributed by atoms with Gasteiger partial charge in [-0.2, -0.15) is 5.10 Å². The van der Waals surface area contributed by atoms with Crippen LogP contribution in [0.2, 0.25) is 0 Å². The average molecular weight is 718 g/mol. The Bertz CT molecular complexity index is 1800. The van der Waals surface area contributed by atoms with E-state index in [0.717, 1.165) is 55.1 Å². The number of ether oxygens (including phenoxy) is 2. The minimum Gasteiger partial charge on any atom is -0.493 e. The summed E-state index contributed by atoms with van der Waals surface area (Å²) in [4.78, 5) is 23.2. The van der Waals surface area contributed by atoms with Crippen molar-refractivity contribution in [3.05, 3.63) is 114 Å².